The molecule has 2 saturated heterocycles. The monoisotopic (exact) mass is 329 g/mol. The van der Waals surface area contributed by atoms with Gasteiger partial charge in [0.25, 0.3) is 5.91 Å². The van der Waals surface area contributed by atoms with Crippen LogP contribution in [-0.2, 0) is 4.79 Å². The quantitative estimate of drug-likeness (QED) is 0.856. The minimum atomic E-state index is 0.0683. The molecule has 5 heteroatoms. The van der Waals surface area contributed by atoms with Crippen LogP contribution in [0.2, 0.25) is 0 Å². The maximum atomic E-state index is 12.7. The maximum absolute atomic E-state index is 12.7. The Morgan fingerprint density at radius 2 is 2.04 bits per heavy atom. The van der Waals surface area contributed by atoms with Gasteiger partial charge in [-0.2, -0.15) is 0 Å². The van der Waals surface area contributed by atoms with Crippen LogP contribution in [0.15, 0.2) is 18.5 Å². The van der Waals surface area contributed by atoms with Crippen LogP contribution in [0.25, 0.3) is 0 Å². The molecule has 0 atom stereocenters. The van der Waals surface area contributed by atoms with Crippen molar-refractivity contribution in [3.8, 4) is 0 Å². The molecule has 0 saturated carbocycles. The van der Waals surface area contributed by atoms with Gasteiger partial charge in [-0.05, 0) is 37.3 Å². The Morgan fingerprint density at radius 3 is 2.67 bits per heavy atom. The molecular formula is C19H27N3O2. The third-order valence-electron chi connectivity index (χ3n) is 5.37. The highest BCUT2D eigenvalue weighted by atomic mass is 16.2. The Bertz CT molecular complexity index is 633. The number of pyridine rings is 1. The number of piperidine rings is 1. The van der Waals surface area contributed by atoms with Crippen molar-refractivity contribution in [2.24, 2.45) is 11.3 Å². The first kappa shape index (κ1) is 16.9. The van der Waals surface area contributed by atoms with E-state index >= 15 is 0 Å². The number of nitrogens with zero attached hydrogens (tertiary/aromatic N) is 3. The zero-order valence-corrected chi connectivity index (χ0v) is 14.9. The van der Waals surface area contributed by atoms with E-state index in [0.717, 1.165) is 44.6 Å². The second kappa shape index (κ2) is 6.54. The predicted octanol–water partition coefficient (Wildman–Crippen LogP) is 2.50. The number of hydrogen-bond donors (Lipinski definition) is 0. The van der Waals surface area contributed by atoms with Gasteiger partial charge >= 0.3 is 0 Å². The van der Waals surface area contributed by atoms with Gasteiger partial charge in [0.15, 0.2) is 0 Å². The van der Waals surface area contributed by atoms with Crippen molar-refractivity contribution in [3.05, 3.63) is 29.6 Å². The van der Waals surface area contributed by atoms with Crippen molar-refractivity contribution in [2.45, 2.75) is 40.0 Å². The molecule has 3 heterocycles. The van der Waals surface area contributed by atoms with E-state index in [9.17, 15) is 9.59 Å². The van der Waals surface area contributed by atoms with Gasteiger partial charge in [0, 0.05) is 50.4 Å². The van der Waals surface area contributed by atoms with Crippen molar-refractivity contribution < 1.29 is 9.59 Å². The summed E-state index contributed by atoms with van der Waals surface area (Å²) in [5, 5.41) is 0. The first-order chi connectivity index (χ1) is 11.4. The first-order valence-corrected chi connectivity index (χ1v) is 8.88. The number of aryl methyl sites for hydroxylation is 1. The Morgan fingerprint density at radius 1 is 1.33 bits per heavy atom. The van der Waals surface area contributed by atoms with Gasteiger partial charge in [-0.25, -0.2) is 0 Å². The number of aromatic nitrogens is 1. The van der Waals surface area contributed by atoms with E-state index in [-0.39, 0.29) is 17.2 Å². The molecule has 130 valence electrons. The van der Waals surface area contributed by atoms with Gasteiger partial charge < -0.3 is 9.80 Å². The Kier molecular flexibility index (Phi) is 4.61. The van der Waals surface area contributed by atoms with E-state index in [4.69, 9.17) is 0 Å². The summed E-state index contributed by atoms with van der Waals surface area (Å²) in [7, 11) is 0. The van der Waals surface area contributed by atoms with Crippen LogP contribution >= 0.6 is 0 Å². The molecule has 3 rings (SSSR count). The zero-order valence-electron chi connectivity index (χ0n) is 14.9. The van der Waals surface area contributed by atoms with E-state index < -0.39 is 0 Å². The Labute approximate surface area is 144 Å². The topological polar surface area (TPSA) is 53.5 Å². The lowest BCUT2D eigenvalue weighted by Crippen LogP contribution is -2.44. The number of carbonyl (C=O) groups is 2. The Hall–Kier alpha value is -1.91. The van der Waals surface area contributed by atoms with Crippen molar-refractivity contribution in [2.75, 3.05) is 26.2 Å². The van der Waals surface area contributed by atoms with Crippen molar-refractivity contribution >= 4 is 11.8 Å². The standard InChI is InChI=1S/C19H27N3O2/c1-14(2)12-22-13-19(10-17(22)23)5-8-21(9-6-19)18(24)16-11-20-7-4-15(16)3/h4,7,11,14H,5-6,8-10,12-13H2,1-3H3. The highest BCUT2D eigenvalue weighted by Crippen LogP contribution is 2.41. The third-order valence-corrected chi connectivity index (χ3v) is 5.37. The lowest BCUT2D eigenvalue weighted by Gasteiger charge is -2.39. The predicted molar refractivity (Wildman–Crippen MR) is 92.6 cm³/mol. The minimum absolute atomic E-state index is 0.0683. The summed E-state index contributed by atoms with van der Waals surface area (Å²) in [4.78, 5) is 33.0. The number of amides is 2. The van der Waals surface area contributed by atoms with E-state index in [2.05, 4.69) is 18.8 Å². The van der Waals surface area contributed by atoms with Crippen LogP contribution in [0.4, 0.5) is 0 Å². The van der Waals surface area contributed by atoms with Gasteiger partial charge in [-0.15, -0.1) is 0 Å². The summed E-state index contributed by atoms with van der Waals surface area (Å²) in [6.45, 7) is 9.41. The fraction of sp³-hybridized carbons (Fsp3) is 0.632. The van der Waals surface area contributed by atoms with E-state index in [1.165, 1.54) is 0 Å². The molecular weight excluding hydrogens is 302 g/mol. The average Bonchev–Trinajstić information content (AvgIpc) is 2.82. The summed E-state index contributed by atoms with van der Waals surface area (Å²) < 4.78 is 0. The molecule has 2 aliphatic heterocycles. The van der Waals surface area contributed by atoms with Gasteiger partial charge in [0.1, 0.15) is 0 Å². The second-order valence-corrected chi connectivity index (χ2v) is 7.83. The van der Waals surface area contributed by atoms with Crippen molar-refractivity contribution in [1.29, 1.82) is 0 Å². The molecule has 0 unspecified atom stereocenters. The van der Waals surface area contributed by atoms with Crippen LogP contribution < -0.4 is 0 Å². The van der Waals surface area contributed by atoms with E-state index in [1.807, 2.05) is 22.8 Å². The molecule has 1 spiro atoms. The average molecular weight is 329 g/mol. The highest BCUT2D eigenvalue weighted by molar-refractivity contribution is 5.95. The summed E-state index contributed by atoms with van der Waals surface area (Å²) in [6, 6.07) is 1.87. The van der Waals surface area contributed by atoms with E-state index in [0.29, 0.717) is 17.9 Å². The van der Waals surface area contributed by atoms with Crippen LogP contribution in [0.1, 0.15) is 49.0 Å². The second-order valence-electron chi connectivity index (χ2n) is 7.83. The number of likely N-dealkylation sites (tertiary alicyclic amines) is 2. The molecule has 2 fully saturated rings. The SMILES string of the molecule is Cc1ccncc1C(=O)N1CCC2(CC1)CC(=O)N(CC(C)C)C2. The molecule has 0 aromatic carbocycles. The lowest BCUT2D eigenvalue weighted by molar-refractivity contribution is -0.128. The van der Waals surface area contributed by atoms with Gasteiger partial charge in [-0.1, -0.05) is 13.8 Å². The molecule has 0 radical (unpaired) electrons. The summed E-state index contributed by atoms with van der Waals surface area (Å²) in [5.74, 6) is 0.852. The third kappa shape index (κ3) is 3.30. The van der Waals surface area contributed by atoms with Crippen LogP contribution in [-0.4, -0.2) is 52.8 Å². The lowest BCUT2D eigenvalue weighted by atomic mass is 9.77. The van der Waals surface area contributed by atoms with Crippen molar-refractivity contribution in [3.63, 3.8) is 0 Å². The molecule has 2 amide bonds. The van der Waals surface area contributed by atoms with Crippen LogP contribution in [0.3, 0.4) is 0 Å². The zero-order chi connectivity index (χ0) is 17.3. The fourth-order valence-electron chi connectivity index (χ4n) is 3.97. The van der Waals surface area contributed by atoms with Crippen LogP contribution in [0.5, 0.6) is 0 Å². The summed E-state index contributed by atoms with van der Waals surface area (Å²) >= 11 is 0. The number of carbonyl (C=O) groups excluding carboxylic acids is 2. The van der Waals surface area contributed by atoms with Gasteiger partial charge in [0.05, 0.1) is 5.56 Å². The molecule has 1 aromatic rings. The highest BCUT2D eigenvalue weighted by Gasteiger charge is 2.45. The smallest absolute Gasteiger partial charge is 0.255 e. The molecule has 1 aromatic heterocycles. The van der Waals surface area contributed by atoms with Gasteiger partial charge in [-0.3, -0.25) is 14.6 Å². The molecule has 0 bridgehead atoms. The summed E-state index contributed by atoms with van der Waals surface area (Å²) in [6.07, 6.45) is 5.85. The van der Waals surface area contributed by atoms with Gasteiger partial charge in [0.2, 0.25) is 5.91 Å². The van der Waals surface area contributed by atoms with Crippen molar-refractivity contribution in [1.82, 2.24) is 14.8 Å². The number of rotatable bonds is 3. The van der Waals surface area contributed by atoms with Crippen LogP contribution in [0, 0.1) is 18.3 Å². The van der Waals surface area contributed by atoms with E-state index in [1.54, 1.807) is 12.4 Å². The number of hydrogen-bond acceptors (Lipinski definition) is 3. The minimum Gasteiger partial charge on any atom is -0.342 e. The summed E-state index contributed by atoms with van der Waals surface area (Å²) in [5.41, 5.74) is 1.74. The molecule has 24 heavy (non-hydrogen) atoms. The molecule has 5 nitrogen and oxygen atoms in total. The molecule has 2 aliphatic rings. The maximum Gasteiger partial charge on any atom is 0.255 e. The fourth-order valence-corrected chi connectivity index (χ4v) is 3.97. The Balaban J connectivity index is 1.63. The largest absolute Gasteiger partial charge is 0.342 e. The molecule has 0 N–H and O–H groups in total. The first-order valence-electron chi connectivity index (χ1n) is 8.88. The molecule has 0 aliphatic carbocycles. The normalized spacial score (nSPS) is 20.2.